The third-order valence-electron chi connectivity index (χ3n) is 2.34. The number of hydrogen-bond acceptors (Lipinski definition) is 6. The van der Waals surface area contributed by atoms with Gasteiger partial charge in [-0.25, -0.2) is 0 Å². The average molecular weight is 257 g/mol. The quantitative estimate of drug-likeness (QED) is 0.418. The number of esters is 1. The van der Waals surface area contributed by atoms with Crippen LogP contribution < -0.4 is 4.74 Å². The van der Waals surface area contributed by atoms with Gasteiger partial charge < -0.3 is 13.9 Å². The van der Waals surface area contributed by atoms with Gasteiger partial charge in [0, 0.05) is 11.0 Å². The molecule has 100 valence electrons. The summed E-state index contributed by atoms with van der Waals surface area (Å²) in [5.41, 5.74) is 0. The molecule has 0 aromatic carbocycles. The van der Waals surface area contributed by atoms with Gasteiger partial charge in [0.25, 0.3) is 0 Å². The Labute approximate surface area is 104 Å². The Balaban J connectivity index is 2.84. The van der Waals surface area contributed by atoms with Crippen LogP contribution in [0, 0.1) is 10.1 Å². The van der Waals surface area contributed by atoms with Gasteiger partial charge in [0.1, 0.15) is 0 Å². The molecule has 0 amide bonds. The molecule has 7 nitrogen and oxygen atoms in total. The fraction of sp³-hybridized carbons (Fsp3) is 0.545. The highest BCUT2D eigenvalue weighted by molar-refractivity contribution is 5.70. The lowest BCUT2D eigenvalue weighted by atomic mass is 10.0. The molecular weight excluding hydrogens is 242 g/mol. The highest BCUT2D eigenvalue weighted by atomic mass is 16.6. The van der Waals surface area contributed by atoms with E-state index in [2.05, 4.69) is 0 Å². The van der Waals surface area contributed by atoms with Crippen molar-refractivity contribution in [1.82, 2.24) is 0 Å². The summed E-state index contributed by atoms with van der Waals surface area (Å²) in [6.45, 7) is 1.50. The molecular formula is C11H15NO6. The van der Waals surface area contributed by atoms with Gasteiger partial charge >= 0.3 is 5.97 Å². The van der Waals surface area contributed by atoms with E-state index in [9.17, 15) is 14.9 Å². The van der Waals surface area contributed by atoms with Crippen molar-refractivity contribution in [2.75, 3.05) is 20.3 Å². The smallest absolute Gasteiger partial charge is 0.306 e. The summed E-state index contributed by atoms with van der Waals surface area (Å²) in [7, 11) is 1.43. The van der Waals surface area contributed by atoms with E-state index in [0.717, 1.165) is 0 Å². The van der Waals surface area contributed by atoms with Crippen LogP contribution >= 0.6 is 0 Å². The first-order valence-corrected chi connectivity index (χ1v) is 5.47. The van der Waals surface area contributed by atoms with E-state index in [1.54, 1.807) is 13.0 Å². The maximum absolute atomic E-state index is 11.4. The first-order valence-electron chi connectivity index (χ1n) is 5.47. The molecule has 0 saturated heterocycles. The summed E-state index contributed by atoms with van der Waals surface area (Å²) >= 11 is 0. The molecule has 1 aromatic rings. The number of hydrogen-bond donors (Lipinski definition) is 0. The minimum absolute atomic E-state index is 0.112. The third-order valence-corrected chi connectivity index (χ3v) is 2.34. The van der Waals surface area contributed by atoms with Crippen LogP contribution in [0.25, 0.3) is 0 Å². The number of furan rings is 1. The second-order valence-corrected chi connectivity index (χ2v) is 3.57. The lowest BCUT2D eigenvalue weighted by molar-refractivity contribution is -0.483. The van der Waals surface area contributed by atoms with Gasteiger partial charge in [-0.2, -0.15) is 0 Å². The van der Waals surface area contributed by atoms with Crippen molar-refractivity contribution in [2.45, 2.75) is 19.3 Å². The van der Waals surface area contributed by atoms with Crippen LogP contribution in [0.3, 0.4) is 0 Å². The topological polar surface area (TPSA) is 91.8 Å². The molecule has 0 aliphatic rings. The highest BCUT2D eigenvalue weighted by Crippen LogP contribution is 2.30. The number of carbonyl (C=O) groups is 1. The Morgan fingerprint density at radius 1 is 1.61 bits per heavy atom. The molecule has 0 fully saturated rings. The van der Waals surface area contributed by atoms with Crippen molar-refractivity contribution < 1.29 is 23.6 Å². The lowest BCUT2D eigenvalue weighted by Gasteiger charge is -2.11. The third kappa shape index (κ3) is 3.76. The highest BCUT2D eigenvalue weighted by Gasteiger charge is 2.28. The summed E-state index contributed by atoms with van der Waals surface area (Å²) < 4.78 is 15.0. The van der Waals surface area contributed by atoms with Crippen LogP contribution in [0.15, 0.2) is 16.7 Å². The monoisotopic (exact) mass is 257 g/mol. The molecule has 1 aromatic heterocycles. The van der Waals surface area contributed by atoms with E-state index in [1.807, 2.05) is 0 Å². The summed E-state index contributed by atoms with van der Waals surface area (Å²) in [5.74, 6) is -0.500. The minimum atomic E-state index is -0.691. The summed E-state index contributed by atoms with van der Waals surface area (Å²) in [5, 5.41) is 10.6. The number of ether oxygens (including phenoxy) is 2. The number of methoxy groups -OCH3 is 1. The van der Waals surface area contributed by atoms with Crippen LogP contribution in [0.4, 0.5) is 0 Å². The van der Waals surface area contributed by atoms with Crippen LogP contribution in [0.5, 0.6) is 5.75 Å². The molecule has 0 spiro atoms. The SMILES string of the molecule is CCOC(=O)CC(C[N+](=O)[O-])c1occc1OC. The van der Waals surface area contributed by atoms with Gasteiger partial charge in [-0.15, -0.1) is 0 Å². The van der Waals surface area contributed by atoms with Gasteiger partial charge in [0.15, 0.2) is 11.5 Å². The number of carbonyl (C=O) groups excluding carboxylic acids is 1. The van der Waals surface area contributed by atoms with Gasteiger partial charge in [0.2, 0.25) is 6.54 Å². The molecule has 0 aliphatic carbocycles. The Hall–Kier alpha value is -2.05. The zero-order valence-electron chi connectivity index (χ0n) is 10.3. The van der Waals surface area contributed by atoms with Crippen LogP contribution in [0.1, 0.15) is 25.0 Å². The molecule has 18 heavy (non-hydrogen) atoms. The molecule has 0 aliphatic heterocycles. The van der Waals surface area contributed by atoms with E-state index in [4.69, 9.17) is 13.9 Å². The molecule has 1 unspecified atom stereocenters. The maximum atomic E-state index is 11.4. The van der Waals surface area contributed by atoms with Crippen molar-refractivity contribution in [3.05, 3.63) is 28.2 Å². The normalized spacial score (nSPS) is 11.9. The lowest BCUT2D eigenvalue weighted by Crippen LogP contribution is -2.18. The fourth-order valence-electron chi connectivity index (χ4n) is 1.62. The van der Waals surface area contributed by atoms with Crippen LogP contribution in [-0.4, -0.2) is 31.2 Å². The fourth-order valence-corrected chi connectivity index (χ4v) is 1.62. The molecule has 0 N–H and O–H groups in total. The first-order chi connectivity index (χ1) is 8.58. The minimum Gasteiger partial charge on any atom is -0.493 e. The Bertz CT molecular complexity index is 413. The predicted octanol–water partition coefficient (Wildman–Crippen LogP) is 1.60. The molecule has 7 heteroatoms. The Morgan fingerprint density at radius 3 is 2.89 bits per heavy atom. The average Bonchev–Trinajstić information content (AvgIpc) is 2.75. The van der Waals surface area contributed by atoms with Crippen molar-refractivity contribution >= 4 is 5.97 Å². The maximum Gasteiger partial charge on any atom is 0.306 e. The summed E-state index contributed by atoms with van der Waals surface area (Å²) in [4.78, 5) is 21.5. The van der Waals surface area contributed by atoms with E-state index in [1.165, 1.54) is 13.4 Å². The Kier molecular flexibility index (Phi) is 5.16. The molecule has 0 saturated carbocycles. The first kappa shape index (κ1) is 14.0. The van der Waals surface area contributed by atoms with Gasteiger partial charge in [0.05, 0.1) is 32.3 Å². The van der Waals surface area contributed by atoms with Crippen molar-refractivity contribution in [3.63, 3.8) is 0 Å². The largest absolute Gasteiger partial charge is 0.493 e. The molecule has 0 bridgehead atoms. The van der Waals surface area contributed by atoms with Gasteiger partial charge in [-0.3, -0.25) is 14.9 Å². The van der Waals surface area contributed by atoms with Crippen molar-refractivity contribution in [2.24, 2.45) is 0 Å². The number of nitrogens with zero attached hydrogens (tertiary/aromatic N) is 1. The van der Waals surface area contributed by atoms with Crippen molar-refractivity contribution in [3.8, 4) is 5.75 Å². The van der Waals surface area contributed by atoms with E-state index >= 15 is 0 Å². The van der Waals surface area contributed by atoms with Crippen LogP contribution in [0.2, 0.25) is 0 Å². The Morgan fingerprint density at radius 2 is 2.33 bits per heavy atom. The predicted molar refractivity (Wildman–Crippen MR) is 61.1 cm³/mol. The zero-order chi connectivity index (χ0) is 13.5. The standard InChI is InChI=1S/C11H15NO6/c1-3-17-10(13)6-8(7-12(14)15)11-9(16-2)4-5-18-11/h4-5,8H,3,6-7H2,1-2H3. The summed E-state index contributed by atoms with van der Waals surface area (Å²) in [6.07, 6.45) is 1.25. The number of nitro groups is 1. The summed E-state index contributed by atoms with van der Waals surface area (Å²) in [6, 6.07) is 1.55. The molecule has 1 atom stereocenters. The van der Waals surface area contributed by atoms with Crippen molar-refractivity contribution in [1.29, 1.82) is 0 Å². The van der Waals surface area contributed by atoms with Crippen LogP contribution in [-0.2, 0) is 9.53 Å². The molecule has 0 radical (unpaired) electrons. The zero-order valence-corrected chi connectivity index (χ0v) is 10.3. The van der Waals surface area contributed by atoms with Gasteiger partial charge in [-0.05, 0) is 6.92 Å². The van der Waals surface area contributed by atoms with Gasteiger partial charge in [-0.1, -0.05) is 0 Å². The number of rotatable bonds is 7. The second-order valence-electron chi connectivity index (χ2n) is 3.57. The molecule has 1 heterocycles. The van der Waals surface area contributed by atoms with E-state index in [0.29, 0.717) is 11.5 Å². The van der Waals surface area contributed by atoms with E-state index < -0.39 is 23.4 Å². The second kappa shape index (κ2) is 6.63. The molecule has 1 rings (SSSR count). The van der Waals surface area contributed by atoms with E-state index in [-0.39, 0.29) is 13.0 Å².